The number of nitrogens with two attached hydrogens (primary N) is 1. The number of carbonyl (C=O) groups excluding carboxylic acids is 1. The van der Waals surface area contributed by atoms with Gasteiger partial charge in [0.25, 0.3) is 0 Å². The lowest BCUT2D eigenvalue weighted by atomic mass is 10.1. The number of amides is 1. The van der Waals surface area contributed by atoms with Crippen molar-refractivity contribution in [2.45, 2.75) is 13.5 Å². The maximum Gasteiger partial charge on any atom is 0.223 e. The van der Waals surface area contributed by atoms with Gasteiger partial charge in [0.2, 0.25) is 15.9 Å². The molecule has 0 saturated carbocycles. The second-order valence-corrected chi connectivity index (χ2v) is 7.37. The molecule has 2 rings (SSSR count). The summed E-state index contributed by atoms with van der Waals surface area (Å²) in [5.41, 5.74) is 6.13. The highest BCUT2D eigenvalue weighted by atomic mass is 32.2. The summed E-state index contributed by atoms with van der Waals surface area (Å²) < 4.78 is 29.7. The molecule has 118 valence electrons. The van der Waals surface area contributed by atoms with E-state index < -0.39 is 21.8 Å². The molecule has 1 unspecified atom stereocenters. The normalized spacial score (nSPS) is 22.1. The number of rotatable bonds is 4. The third kappa shape index (κ3) is 4.26. The summed E-state index contributed by atoms with van der Waals surface area (Å²) in [7, 11) is -3.34. The van der Waals surface area contributed by atoms with Crippen LogP contribution < -0.4 is 5.73 Å². The van der Waals surface area contributed by atoms with Crippen molar-refractivity contribution in [2.24, 2.45) is 11.7 Å². The lowest BCUT2D eigenvalue weighted by Gasteiger charge is -2.20. The van der Waals surface area contributed by atoms with E-state index in [1.54, 1.807) is 6.92 Å². The number of hydrogen-bond donors (Lipinski definition) is 1. The SMILES string of the molecule is Cc1cc(CN2CCN(S(C)(=O)=O)CC(C(N)=O)C2)no1. The van der Waals surface area contributed by atoms with Crippen LogP contribution in [0.2, 0.25) is 0 Å². The quantitative estimate of drug-likeness (QED) is 0.776. The van der Waals surface area contributed by atoms with Crippen molar-refractivity contribution < 1.29 is 17.7 Å². The highest BCUT2D eigenvalue weighted by molar-refractivity contribution is 7.88. The molecule has 0 aromatic carbocycles. The number of aromatic nitrogens is 1. The highest BCUT2D eigenvalue weighted by Crippen LogP contribution is 2.15. The largest absolute Gasteiger partial charge is 0.369 e. The molecule has 1 saturated heterocycles. The zero-order valence-corrected chi connectivity index (χ0v) is 13.0. The molecule has 1 fully saturated rings. The van der Waals surface area contributed by atoms with E-state index in [4.69, 9.17) is 10.3 Å². The minimum absolute atomic E-state index is 0.127. The maximum atomic E-state index is 11.7. The molecule has 0 spiro atoms. The maximum absolute atomic E-state index is 11.7. The van der Waals surface area contributed by atoms with Crippen LogP contribution >= 0.6 is 0 Å². The smallest absolute Gasteiger partial charge is 0.223 e. The Bertz CT molecular complexity index is 613. The number of aryl methyl sites for hydroxylation is 1. The van der Waals surface area contributed by atoms with Crippen molar-refractivity contribution in [2.75, 3.05) is 32.4 Å². The van der Waals surface area contributed by atoms with Gasteiger partial charge in [-0.2, -0.15) is 0 Å². The molecule has 9 heteroatoms. The number of primary amides is 1. The molecule has 1 aliphatic heterocycles. The van der Waals surface area contributed by atoms with Gasteiger partial charge in [-0.1, -0.05) is 5.16 Å². The third-order valence-corrected chi connectivity index (χ3v) is 4.77. The van der Waals surface area contributed by atoms with Gasteiger partial charge < -0.3 is 10.3 Å². The minimum atomic E-state index is -3.34. The molecule has 0 radical (unpaired) electrons. The lowest BCUT2D eigenvalue weighted by molar-refractivity contribution is -0.122. The zero-order chi connectivity index (χ0) is 15.6. The Hall–Kier alpha value is -1.45. The first kappa shape index (κ1) is 15.9. The Morgan fingerprint density at radius 2 is 2.19 bits per heavy atom. The molecule has 1 aromatic heterocycles. The molecule has 0 aliphatic carbocycles. The van der Waals surface area contributed by atoms with Gasteiger partial charge >= 0.3 is 0 Å². The minimum Gasteiger partial charge on any atom is -0.369 e. The molecule has 2 heterocycles. The van der Waals surface area contributed by atoms with Crippen LogP contribution in [0.4, 0.5) is 0 Å². The van der Waals surface area contributed by atoms with Crippen LogP contribution in [0.3, 0.4) is 0 Å². The molecular formula is C12H20N4O4S. The van der Waals surface area contributed by atoms with Crippen LogP contribution in [0.15, 0.2) is 10.6 Å². The molecule has 2 N–H and O–H groups in total. The van der Waals surface area contributed by atoms with Crippen molar-refractivity contribution in [3.05, 3.63) is 17.5 Å². The summed E-state index contributed by atoms with van der Waals surface area (Å²) in [5.74, 6) is -0.314. The van der Waals surface area contributed by atoms with Crippen LogP contribution in [0, 0.1) is 12.8 Å². The molecule has 1 amide bonds. The van der Waals surface area contributed by atoms with Crippen LogP contribution in [-0.2, 0) is 21.4 Å². The van der Waals surface area contributed by atoms with Crippen LogP contribution in [0.25, 0.3) is 0 Å². The fourth-order valence-corrected chi connectivity index (χ4v) is 3.26. The molecule has 0 bridgehead atoms. The highest BCUT2D eigenvalue weighted by Gasteiger charge is 2.30. The van der Waals surface area contributed by atoms with E-state index in [0.717, 1.165) is 11.9 Å². The first-order valence-corrected chi connectivity index (χ1v) is 8.49. The second-order valence-electron chi connectivity index (χ2n) is 5.38. The number of sulfonamides is 1. The summed E-state index contributed by atoms with van der Waals surface area (Å²) in [5, 5.41) is 3.91. The van der Waals surface area contributed by atoms with Gasteiger partial charge in [0.05, 0.1) is 17.9 Å². The third-order valence-electron chi connectivity index (χ3n) is 3.50. The average molecular weight is 316 g/mol. The predicted molar refractivity (Wildman–Crippen MR) is 75.6 cm³/mol. The average Bonchev–Trinajstić information content (AvgIpc) is 2.63. The van der Waals surface area contributed by atoms with Gasteiger partial charge in [0.1, 0.15) is 5.76 Å². The Kier molecular flexibility index (Phi) is 4.64. The Labute approximate surface area is 123 Å². The summed E-state index contributed by atoms with van der Waals surface area (Å²) in [6.45, 7) is 3.69. The summed E-state index contributed by atoms with van der Waals surface area (Å²) in [6, 6.07) is 1.82. The molecule has 1 atom stereocenters. The first-order valence-electron chi connectivity index (χ1n) is 6.64. The molecule has 1 aliphatic rings. The van der Waals surface area contributed by atoms with Gasteiger partial charge in [-0.15, -0.1) is 0 Å². The van der Waals surface area contributed by atoms with E-state index in [-0.39, 0.29) is 6.54 Å². The Balaban J connectivity index is 2.12. The monoisotopic (exact) mass is 316 g/mol. The van der Waals surface area contributed by atoms with Gasteiger partial charge in [-0.3, -0.25) is 9.69 Å². The molecule has 1 aromatic rings. The molecular weight excluding hydrogens is 296 g/mol. The van der Waals surface area contributed by atoms with Crippen LogP contribution in [-0.4, -0.2) is 61.1 Å². The number of carbonyl (C=O) groups is 1. The second kappa shape index (κ2) is 6.12. The Morgan fingerprint density at radius 3 is 2.71 bits per heavy atom. The van der Waals surface area contributed by atoms with E-state index in [1.807, 2.05) is 11.0 Å². The van der Waals surface area contributed by atoms with Crippen molar-refractivity contribution >= 4 is 15.9 Å². The first-order chi connectivity index (χ1) is 9.75. The van der Waals surface area contributed by atoms with E-state index >= 15 is 0 Å². The van der Waals surface area contributed by atoms with Crippen LogP contribution in [0.5, 0.6) is 0 Å². The Morgan fingerprint density at radius 1 is 1.48 bits per heavy atom. The van der Waals surface area contributed by atoms with Gasteiger partial charge in [-0.05, 0) is 6.92 Å². The number of hydrogen-bond acceptors (Lipinski definition) is 6. The standard InChI is InChI=1S/C12H20N4O4S/c1-9-5-11(14-20-9)8-15-3-4-16(21(2,18)19)7-10(6-15)12(13)17/h5,10H,3-4,6-8H2,1-2H3,(H2,13,17). The predicted octanol–water partition coefficient (Wildman–Crippen LogP) is -0.838. The zero-order valence-electron chi connectivity index (χ0n) is 12.2. The van der Waals surface area contributed by atoms with Gasteiger partial charge in [0.15, 0.2) is 0 Å². The molecule has 8 nitrogen and oxygen atoms in total. The molecule has 21 heavy (non-hydrogen) atoms. The summed E-state index contributed by atoms with van der Waals surface area (Å²) in [4.78, 5) is 13.5. The van der Waals surface area contributed by atoms with E-state index in [2.05, 4.69) is 5.16 Å². The van der Waals surface area contributed by atoms with Gasteiger partial charge in [0, 0.05) is 38.8 Å². The van der Waals surface area contributed by atoms with Crippen molar-refractivity contribution in [3.8, 4) is 0 Å². The fourth-order valence-electron chi connectivity index (χ4n) is 2.40. The van der Waals surface area contributed by atoms with Crippen molar-refractivity contribution in [3.63, 3.8) is 0 Å². The topological polar surface area (TPSA) is 110 Å². The summed E-state index contributed by atoms with van der Waals surface area (Å²) in [6.07, 6.45) is 1.14. The van der Waals surface area contributed by atoms with Crippen molar-refractivity contribution in [1.29, 1.82) is 0 Å². The summed E-state index contributed by atoms with van der Waals surface area (Å²) >= 11 is 0. The lowest BCUT2D eigenvalue weighted by Crippen LogP contribution is -2.40. The van der Waals surface area contributed by atoms with Crippen LogP contribution in [0.1, 0.15) is 11.5 Å². The van der Waals surface area contributed by atoms with E-state index in [9.17, 15) is 13.2 Å². The van der Waals surface area contributed by atoms with E-state index in [0.29, 0.717) is 31.9 Å². The van der Waals surface area contributed by atoms with Gasteiger partial charge in [-0.25, -0.2) is 12.7 Å². The number of nitrogens with zero attached hydrogens (tertiary/aromatic N) is 3. The fraction of sp³-hybridized carbons (Fsp3) is 0.667. The van der Waals surface area contributed by atoms with Crippen molar-refractivity contribution in [1.82, 2.24) is 14.4 Å². The van der Waals surface area contributed by atoms with E-state index in [1.165, 1.54) is 4.31 Å².